The first kappa shape index (κ1) is 26.4. The number of aryl methyl sites for hydroxylation is 1. The van der Waals surface area contributed by atoms with Gasteiger partial charge in [0.1, 0.15) is 12.4 Å². The summed E-state index contributed by atoms with van der Waals surface area (Å²) in [5, 5.41) is 29.7. The lowest BCUT2D eigenvalue weighted by atomic mass is 10.00. The molecule has 8 heteroatoms. The van der Waals surface area contributed by atoms with Crippen molar-refractivity contribution >= 4 is 17.6 Å². The van der Waals surface area contributed by atoms with Crippen LogP contribution in [0.4, 0.5) is 0 Å². The third kappa shape index (κ3) is 7.41. The summed E-state index contributed by atoms with van der Waals surface area (Å²) >= 11 is 6.06. The minimum absolute atomic E-state index is 0.00457. The van der Waals surface area contributed by atoms with E-state index in [2.05, 4.69) is 17.9 Å². The number of benzene rings is 2. The Kier molecular flexibility index (Phi) is 9.46. The lowest BCUT2D eigenvalue weighted by Crippen LogP contribution is -2.31. The lowest BCUT2D eigenvalue weighted by Gasteiger charge is -2.31. The largest absolute Gasteiger partial charge is 0.494 e. The number of carboxylic acids is 1. The summed E-state index contributed by atoms with van der Waals surface area (Å²) in [6.07, 6.45) is 1.97. The van der Waals surface area contributed by atoms with Gasteiger partial charge in [0, 0.05) is 29.7 Å². The highest BCUT2D eigenvalue weighted by Gasteiger charge is 2.23. The highest BCUT2D eigenvalue weighted by atomic mass is 35.5. The average Bonchev–Trinajstić information content (AvgIpc) is 3.14. The van der Waals surface area contributed by atoms with Crippen molar-refractivity contribution in [2.24, 2.45) is 0 Å². The number of aromatic hydroxyl groups is 2. The van der Waals surface area contributed by atoms with Crippen molar-refractivity contribution in [3.63, 3.8) is 0 Å². The fourth-order valence-electron chi connectivity index (χ4n) is 4.14. The molecular weight excluding hydrogens is 468 g/mol. The second-order valence-corrected chi connectivity index (χ2v) is 9.08. The van der Waals surface area contributed by atoms with Crippen molar-refractivity contribution in [2.75, 3.05) is 13.2 Å². The van der Waals surface area contributed by atoms with Crippen LogP contribution in [0.15, 0.2) is 54.6 Å². The van der Waals surface area contributed by atoms with Crippen LogP contribution in [0.3, 0.4) is 0 Å². The summed E-state index contributed by atoms with van der Waals surface area (Å²) in [5.74, 6) is -0.144. The van der Waals surface area contributed by atoms with Crippen LogP contribution in [0.5, 0.6) is 17.5 Å². The zero-order chi connectivity index (χ0) is 25.4. The van der Waals surface area contributed by atoms with Crippen molar-refractivity contribution in [1.82, 2.24) is 9.47 Å². The summed E-state index contributed by atoms with van der Waals surface area (Å²) in [5.41, 5.74) is 2.96. The van der Waals surface area contributed by atoms with Crippen LogP contribution in [0.1, 0.15) is 48.9 Å². The van der Waals surface area contributed by atoms with Gasteiger partial charge in [-0.3, -0.25) is 14.3 Å². The molecule has 188 valence electrons. The molecule has 3 N–H and O–H groups in total. The topological polar surface area (TPSA) is 95.2 Å². The molecule has 0 amide bonds. The van der Waals surface area contributed by atoms with E-state index < -0.39 is 5.97 Å². The first-order valence-electron chi connectivity index (χ1n) is 11.8. The Hall–Kier alpha value is -3.16. The van der Waals surface area contributed by atoms with Gasteiger partial charge in [-0.2, -0.15) is 0 Å². The number of aliphatic carboxylic acids is 1. The Morgan fingerprint density at radius 3 is 2.37 bits per heavy atom. The van der Waals surface area contributed by atoms with Crippen LogP contribution in [0.2, 0.25) is 5.02 Å². The summed E-state index contributed by atoms with van der Waals surface area (Å²) in [6.45, 7) is 6.07. The number of unbranched alkanes of at least 4 members (excludes halogenated alkanes) is 1. The molecule has 3 rings (SSSR count). The second kappa shape index (κ2) is 12.5. The molecule has 7 nitrogen and oxygen atoms in total. The zero-order valence-electron chi connectivity index (χ0n) is 20.2. The van der Waals surface area contributed by atoms with Gasteiger partial charge in [-0.1, -0.05) is 49.2 Å². The summed E-state index contributed by atoms with van der Waals surface area (Å²) in [4.78, 5) is 13.9. The van der Waals surface area contributed by atoms with Gasteiger partial charge < -0.3 is 20.1 Å². The molecule has 0 saturated heterocycles. The first-order chi connectivity index (χ1) is 16.8. The van der Waals surface area contributed by atoms with Gasteiger partial charge in [-0.25, -0.2) is 0 Å². The van der Waals surface area contributed by atoms with E-state index in [1.165, 1.54) is 16.7 Å². The molecule has 3 aromatic rings. The quantitative estimate of drug-likeness (QED) is 0.276. The normalized spacial score (nSPS) is 12.1. The van der Waals surface area contributed by atoms with Gasteiger partial charge in [0.15, 0.2) is 11.8 Å². The van der Waals surface area contributed by atoms with E-state index in [9.17, 15) is 20.1 Å². The van der Waals surface area contributed by atoms with Crippen LogP contribution in [-0.2, 0) is 17.9 Å². The Bertz CT molecular complexity index is 1090. The highest BCUT2D eigenvalue weighted by Crippen LogP contribution is 2.29. The molecule has 35 heavy (non-hydrogen) atoms. The monoisotopic (exact) mass is 500 g/mol. The fourth-order valence-corrected chi connectivity index (χ4v) is 4.27. The maximum Gasteiger partial charge on any atom is 0.305 e. The lowest BCUT2D eigenvalue weighted by molar-refractivity contribution is -0.138. The molecule has 1 aromatic heterocycles. The maximum absolute atomic E-state index is 11.7. The number of halogens is 1. The van der Waals surface area contributed by atoms with E-state index in [1.807, 2.05) is 31.2 Å². The number of hydrogen-bond donors (Lipinski definition) is 3. The highest BCUT2D eigenvalue weighted by molar-refractivity contribution is 6.30. The molecule has 2 aromatic carbocycles. The summed E-state index contributed by atoms with van der Waals surface area (Å²) in [6, 6.07) is 15.9. The van der Waals surface area contributed by atoms with Crippen LogP contribution < -0.4 is 4.74 Å². The van der Waals surface area contributed by atoms with Crippen molar-refractivity contribution in [3.05, 3.63) is 76.3 Å². The van der Waals surface area contributed by atoms with Gasteiger partial charge in [-0.15, -0.1) is 0 Å². The van der Waals surface area contributed by atoms with E-state index in [-0.39, 0.29) is 30.8 Å². The Labute approximate surface area is 211 Å². The van der Waals surface area contributed by atoms with Crippen LogP contribution in [-0.4, -0.2) is 43.9 Å². The Morgan fingerprint density at radius 1 is 1.09 bits per heavy atom. The predicted molar refractivity (Wildman–Crippen MR) is 136 cm³/mol. The number of carboxylic acid groups (broad SMARTS) is 1. The number of carbonyl (C=O) groups is 1. The van der Waals surface area contributed by atoms with Crippen molar-refractivity contribution in [2.45, 2.75) is 52.2 Å². The molecule has 1 unspecified atom stereocenters. The minimum Gasteiger partial charge on any atom is -0.494 e. The Balaban J connectivity index is 1.73. The minimum atomic E-state index is -0.842. The van der Waals surface area contributed by atoms with E-state index in [4.69, 9.17) is 16.3 Å². The number of hydrogen-bond acceptors (Lipinski definition) is 5. The predicted octanol–water partition coefficient (Wildman–Crippen LogP) is 5.76. The molecule has 1 atom stereocenters. The van der Waals surface area contributed by atoms with Gasteiger partial charge >= 0.3 is 5.97 Å². The number of rotatable bonds is 13. The van der Waals surface area contributed by atoms with Gasteiger partial charge in [0.05, 0.1) is 13.0 Å². The molecule has 0 fully saturated rings. The molecule has 0 aliphatic heterocycles. The molecule has 0 spiro atoms. The molecule has 0 saturated carbocycles. The third-order valence-corrected chi connectivity index (χ3v) is 6.25. The number of ether oxygens (including phenoxy) is 1. The van der Waals surface area contributed by atoms with E-state index in [0.717, 1.165) is 41.8 Å². The molecule has 1 heterocycles. The fraction of sp³-hybridized carbons (Fsp3) is 0.370. The molecule has 0 radical (unpaired) electrons. The third-order valence-electron chi connectivity index (χ3n) is 5.99. The zero-order valence-corrected chi connectivity index (χ0v) is 20.9. The van der Waals surface area contributed by atoms with E-state index >= 15 is 0 Å². The molecular formula is C27H33ClN2O5. The molecule has 0 bridgehead atoms. The van der Waals surface area contributed by atoms with Crippen molar-refractivity contribution in [1.29, 1.82) is 0 Å². The van der Waals surface area contributed by atoms with Crippen LogP contribution in [0, 0.1) is 6.92 Å². The van der Waals surface area contributed by atoms with Crippen LogP contribution in [0.25, 0.3) is 0 Å². The standard InChI is InChI=1S/C27H33ClN2O5/c1-3-4-13-29(23(17-27(33)34)21-6-8-22(28)9-7-21)18-20-5-10-24(19(2)16-20)35-15-14-30-25(31)11-12-26(30)32/h5-12,16,23,31-32H,3-4,13-15,17-18H2,1-2H3,(H,33,34). The maximum atomic E-state index is 11.7. The second-order valence-electron chi connectivity index (χ2n) is 8.64. The summed E-state index contributed by atoms with van der Waals surface area (Å²) < 4.78 is 7.25. The van der Waals surface area contributed by atoms with E-state index in [1.54, 1.807) is 12.1 Å². The van der Waals surface area contributed by atoms with Gasteiger partial charge in [0.2, 0.25) is 0 Å². The van der Waals surface area contributed by atoms with Gasteiger partial charge in [0.25, 0.3) is 0 Å². The van der Waals surface area contributed by atoms with Crippen molar-refractivity contribution in [3.8, 4) is 17.5 Å². The number of aromatic nitrogens is 1. The summed E-state index contributed by atoms with van der Waals surface area (Å²) in [7, 11) is 0. The smallest absolute Gasteiger partial charge is 0.305 e. The van der Waals surface area contributed by atoms with E-state index in [0.29, 0.717) is 18.1 Å². The molecule has 0 aliphatic rings. The SMILES string of the molecule is CCCCN(Cc1ccc(OCCn2c(O)ccc2O)c(C)c1)C(CC(=O)O)c1ccc(Cl)cc1. The first-order valence-corrected chi connectivity index (χ1v) is 12.2. The molecule has 0 aliphatic carbocycles. The average molecular weight is 501 g/mol. The van der Waals surface area contributed by atoms with Gasteiger partial charge in [-0.05, 0) is 54.8 Å². The van der Waals surface area contributed by atoms with Crippen LogP contribution >= 0.6 is 11.6 Å². The van der Waals surface area contributed by atoms with Crippen molar-refractivity contribution < 1.29 is 24.9 Å². The number of nitrogens with zero attached hydrogens (tertiary/aromatic N) is 2. The Morgan fingerprint density at radius 2 is 1.77 bits per heavy atom.